The summed E-state index contributed by atoms with van der Waals surface area (Å²) in [5, 5.41) is 8.50. The third-order valence-corrected chi connectivity index (χ3v) is 4.22. The minimum Gasteiger partial charge on any atom is -0.316 e. The summed E-state index contributed by atoms with van der Waals surface area (Å²) in [5.74, 6) is 0.428. The molecule has 1 saturated carbocycles. The zero-order chi connectivity index (χ0) is 10.9. The van der Waals surface area contributed by atoms with Crippen LogP contribution in [0.1, 0.15) is 25.7 Å². The Morgan fingerprint density at radius 1 is 1.33 bits per heavy atom. The second-order valence-corrected chi connectivity index (χ2v) is 6.06. The Hall–Kier alpha value is -0.170. The van der Waals surface area contributed by atoms with E-state index >= 15 is 0 Å². The normalized spacial score (nSPS) is 28.3. The molecule has 3 N–H and O–H groups in total. The lowest BCUT2D eigenvalue weighted by Crippen LogP contribution is -2.44. The lowest BCUT2D eigenvalue weighted by atomic mass is 10.00. The lowest BCUT2D eigenvalue weighted by molar-refractivity contribution is 0.287. The number of piperidine rings is 1. The topological polar surface area (TPSA) is 75.4 Å². The Morgan fingerprint density at radius 2 is 2.07 bits per heavy atom. The van der Waals surface area contributed by atoms with Crippen molar-refractivity contribution in [2.24, 2.45) is 11.1 Å². The number of nitrogens with zero attached hydrogens (tertiary/aromatic N) is 1. The predicted octanol–water partition coefficient (Wildman–Crippen LogP) is -0.346. The smallest absolute Gasteiger partial charge is 0.277 e. The van der Waals surface area contributed by atoms with Crippen molar-refractivity contribution in [3.05, 3.63) is 0 Å². The van der Waals surface area contributed by atoms with Crippen molar-refractivity contribution in [1.29, 1.82) is 0 Å². The van der Waals surface area contributed by atoms with Crippen molar-refractivity contribution >= 4 is 10.2 Å². The molecule has 0 bridgehead atoms. The first-order chi connectivity index (χ1) is 7.07. The molecule has 1 heterocycles. The van der Waals surface area contributed by atoms with Crippen molar-refractivity contribution in [2.45, 2.75) is 31.7 Å². The monoisotopic (exact) mass is 233 g/mol. The first kappa shape index (κ1) is 11.3. The Morgan fingerprint density at radius 3 is 2.53 bits per heavy atom. The van der Waals surface area contributed by atoms with Gasteiger partial charge in [-0.3, -0.25) is 0 Å². The quantitative estimate of drug-likeness (QED) is 0.697. The summed E-state index contributed by atoms with van der Waals surface area (Å²) in [6, 6.07) is 0.182. The SMILES string of the molecule is NS(=O)(=O)N(CC1CCCNC1)C1CC1. The molecule has 0 aromatic heterocycles. The zero-order valence-electron chi connectivity index (χ0n) is 8.85. The van der Waals surface area contributed by atoms with Gasteiger partial charge in [-0.2, -0.15) is 12.7 Å². The van der Waals surface area contributed by atoms with Gasteiger partial charge in [-0.25, -0.2) is 5.14 Å². The molecule has 0 amide bonds. The van der Waals surface area contributed by atoms with E-state index in [9.17, 15) is 8.42 Å². The molecular formula is C9H19N3O2S. The Balaban J connectivity index is 1.94. The van der Waals surface area contributed by atoms with E-state index in [1.807, 2.05) is 0 Å². The second-order valence-electron chi connectivity index (χ2n) is 4.56. The molecule has 0 spiro atoms. The van der Waals surface area contributed by atoms with E-state index in [0.717, 1.165) is 38.8 Å². The van der Waals surface area contributed by atoms with Crippen LogP contribution in [-0.2, 0) is 10.2 Å². The summed E-state index contributed by atoms with van der Waals surface area (Å²) in [5.41, 5.74) is 0. The largest absolute Gasteiger partial charge is 0.316 e. The molecule has 0 radical (unpaired) electrons. The Kier molecular flexibility index (Phi) is 3.30. The molecule has 2 rings (SSSR count). The number of nitrogens with one attached hydrogen (secondary N) is 1. The molecule has 1 aliphatic heterocycles. The molecule has 2 aliphatic rings. The first-order valence-electron chi connectivity index (χ1n) is 5.57. The van der Waals surface area contributed by atoms with E-state index in [1.54, 1.807) is 0 Å². The van der Waals surface area contributed by atoms with Crippen LogP contribution >= 0.6 is 0 Å². The van der Waals surface area contributed by atoms with Crippen molar-refractivity contribution in [1.82, 2.24) is 9.62 Å². The molecule has 2 fully saturated rings. The standard InChI is InChI=1S/C9H19N3O2S/c10-15(13,14)12(9-3-4-9)7-8-2-1-5-11-6-8/h8-9,11H,1-7H2,(H2,10,13,14). The molecule has 1 atom stereocenters. The van der Waals surface area contributed by atoms with Crippen LogP contribution in [0.15, 0.2) is 0 Å². The maximum absolute atomic E-state index is 11.4. The highest BCUT2D eigenvalue weighted by molar-refractivity contribution is 7.86. The molecular weight excluding hydrogens is 214 g/mol. The molecule has 0 aromatic rings. The van der Waals surface area contributed by atoms with E-state index in [0.29, 0.717) is 12.5 Å². The van der Waals surface area contributed by atoms with Gasteiger partial charge in [0.25, 0.3) is 10.2 Å². The van der Waals surface area contributed by atoms with E-state index in [2.05, 4.69) is 5.32 Å². The maximum atomic E-state index is 11.4. The van der Waals surface area contributed by atoms with Gasteiger partial charge in [-0.1, -0.05) is 0 Å². The lowest BCUT2D eigenvalue weighted by Gasteiger charge is -2.28. The third kappa shape index (κ3) is 3.14. The predicted molar refractivity (Wildman–Crippen MR) is 58.4 cm³/mol. The van der Waals surface area contributed by atoms with Crippen molar-refractivity contribution in [3.63, 3.8) is 0 Å². The molecule has 15 heavy (non-hydrogen) atoms. The van der Waals surface area contributed by atoms with Crippen molar-refractivity contribution in [3.8, 4) is 0 Å². The fraction of sp³-hybridized carbons (Fsp3) is 1.00. The fourth-order valence-electron chi connectivity index (χ4n) is 2.16. The van der Waals surface area contributed by atoms with E-state index in [4.69, 9.17) is 5.14 Å². The highest BCUT2D eigenvalue weighted by atomic mass is 32.2. The number of rotatable bonds is 4. The van der Waals surface area contributed by atoms with Gasteiger partial charge in [0.15, 0.2) is 0 Å². The van der Waals surface area contributed by atoms with Crippen LogP contribution in [0.25, 0.3) is 0 Å². The highest BCUT2D eigenvalue weighted by Crippen LogP contribution is 2.29. The summed E-state index contributed by atoms with van der Waals surface area (Å²) in [7, 11) is -3.50. The van der Waals surface area contributed by atoms with Crippen molar-refractivity contribution in [2.75, 3.05) is 19.6 Å². The van der Waals surface area contributed by atoms with Crippen LogP contribution < -0.4 is 10.5 Å². The maximum Gasteiger partial charge on any atom is 0.277 e. The van der Waals surface area contributed by atoms with Crippen LogP contribution in [0, 0.1) is 5.92 Å². The summed E-state index contributed by atoms with van der Waals surface area (Å²) in [6.07, 6.45) is 4.17. The molecule has 1 unspecified atom stereocenters. The fourth-order valence-corrected chi connectivity index (χ4v) is 3.20. The molecule has 88 valence electrons. The summed E-state index contributed by atoms with van der Waals surface area (Å²) in [4.78, 5) is 0. The van der Waals surface area contributed by atoms with Crippen LogP contribution in [0.5, 0.6) is 0 Å². The van der Waals surface area contributed by atoms with E-state index in [-0.39, 0.29) is 6.04 Å². The van der Waals surface area contributed by atoms with Crippen molar-refractivity contribution < 1.29 is 8.42 Å². The average Bonchev–Trinajstić information content (AvgIpc) is 2.97. The van der Waals surface area contributed by atoms with Gasteiger partial charge in [0, 0.05) is 12.6 Å². The zero-order valence-corrected chi connectivity index (χ0v) is 9.67. The van der Waals surface area contributed by atoms with Gasteiger partial charge in [-0.05, 0) is 44.7 Å². The summed E-state index contributed by atoms with van der Waals surface area (Å²) in [6.45, 7) is 2.56. The number of hydrogen-bond acceptors (Lipinski definition) is 3. The van der Waals surface area contributed by atoms with Gasteiger partial charge in [0.1, 0.15) is 0 Å². The highest BCUT2D eigenvalue weighted by Gasteiger charge is 2.36. The number of hydrogen-bond donors (Lipinski definition) is 2. The van der Waals surface area contributed by atoms with Crippen LogP contribution in [0.4, 0.5) is 0 Å². The van der Waals surface area contributed by atoms with Crippen LogP contribution in [0.2, 0.25) is 0 Å². The van der Waals surface area contributed by atoms with Gasteiger partial charge >= 0.3 is 0 Å². The molecule has 6 heteroatoms. The van der Waals surface area contributed by atoms with Gasteiger partial charge in [0.05, 0.1) is 0 Å². The van der Waals surface area contributed by atoms with Gasteiger partial charge < -0.3 is 5.32 Å². The molecule has 0 aromatic carbocycles. The molecule has 5 nitrogen and oxygen atoms in total. The van der Waals surface area contributed by atoms with Gasteiger partial charge in [0.2, 0.25) is 0 Å². The van der Waals surface area contributed by atoms with E-state index < -0.39 is 10.2 Å². The average molecular weight is 233 g/mol. The van der Waals surface area contributed by atoms with Gasteiger partial charge in [-0.15, -0.1) is 0 Å². The second kappa shape index (κ2) is 4.37. The first-order valence-corrected chi connectivity index (χ1v) is 7.08. The Labute approximate surface area is 91.2 Å². The van der Waals surface area contributed by atoms with Crippen LogP contribution in [-0.4, -0.2) is 38.4 Å². The molecule has 1 aliphatic carbocycles. The number of nitrogens with two attached hydrogens (primary N) is 1. The minimum atomic E-state index is -3.50. The summed E-state index contributed by atoms with van der Waals surface area (Å²) >= 11 is 0. The third-order valence-electron chi connectivity index (χ3n) is 3.12. The summed E-state index contributed by atoms with van der Waals surface area (Å²) < 4.78 is 24.2. The van der Waals surface area contributed by atoms with E-state index in [1.165, 1.54) is 4.31 Å². The minimum absolute atomic E-state index is 0.182. The Bertz CT molecular complexity index is 307. The van der Waals surface area contributed by atoms with Crippen LogP contribution in [0.3, 0.4) is 0 Å². The molecule has 1 saturated heterocycles.